The van der Waals surface area contributed by atoms with Gasteiger partial charge in [-0.25, -0.2) is 4.79 Å². The maximum Gasteiger partial charge on any atom is 0.343 e. The molecule has 4 rings (SSSR count). The molecular formula is C23H22O6. The van der Waals surface area contributed by atoms with Crippen LogP contribution in [0.4, 0.5) is 0 Å². The van der Waals surface area contributed by atoms with Crippen LogP contribution in [-0.4, -0.2) is 29.4 Å². The van der Waals surface area contributed by atoms with Gasteiger partial charge in [0.1, 0.15) is 11.3 Å². The van der Waals surface area contributed by atoms with E-state index in [1.54, 1.807) is 19.1 Å². The lowest BCUT2D eigenvalue weighted by Crippen LogP contribution is -2.30. The average molecular weight is 394 g/mol. The number of hydrogen-bond donors (Lipinski definition) is 0. The van der Waals surface area contributed by atoms with E-state index in [1.807, 2.05) is 19.9 Å². The van der Waals surface area contributed by atoms with Gasteiger partial charge in [0, 0.05) is 17.1 Å². The van der Waals surface area contributed by atoms with Gasteiger partial charge in [-0.2, -0.15) is 0 Å². The number of Topliss-reactive ketones (excluding diaryl/α,β-unsaturated/α-hetero) is 1. The molecule has 0 radical (unpaired) electrons. The molecule has 29 heavy (non-hydrogen) atoms. The molecule has 0 aromatic rings. The van der Waals surface area contributed by atoms with Crippen LogP contribution in [0.25, 0.3) is 0 Å². The van der Waals surface area contributed by atoms with Crippen LogP contribution in [0.3, 0.4) is 0 Å². The summed E-state index contributed by atoms with van der Waals surface area (Å²) in [6.45, 7) is 5.57. The SMILES string of the molecule is CCC(C)C(=O)C1=C2C3=COC(C4C(=O)C=CC[C@@H]4C)=CC3=CC(=O)C2OC1=O. The lowest BCUT2D eigenvalue weighted by Gasteiger charge is -2.30. The third-order valence-corrected chi connectivity index (χ3v) is 6.01. The van der Waals surface area contributed by atoms with Crippen LogP contribution in [0.15, 0.2) is 58.6 Å². The Morgan fingerprint density at radius 1 is 1.21 bits per heavy atom. The maximum atomic E-state index is 12.8. The van der Waals surface area contributed by atoms with Crippen LogP contribution < -0.4 is 0 Å². The molecule has 0 aromatic carbocycles. The van der Waals surface area contributed by atoms with Crippen LogP contribution in [0.1, 0.15) is 33.6 Å². The van der Waals surface area contributed by atoms with Crippen LogP contribution in [-0.2, 0) is 28.7 Å². The minimum absolute atomic E-state index is 0.0429. The van der Waals surface area contributed by atoms with Gasteiger partial charge in [0.2, 0.25) is 5.78 Å². The molecule has 0 bridgehead atoms. The molecule has 0 amide bonds. The van der Waals surface area contributed by atoms with Crippen molar-refractivity contribution in [2.75, 3.05) is 0 Å². The average Bonchev–Trinajstić information content (AvgIpc) is 3.04. The number of allylic oxidation sites excluding steroid dienone is 5. The van der Waals surface area contributed by atoms with Crippen molar-refractivity contribution < 1.29 is 28.7 Å². The maximum absolute atomic E-state index is 12.8. The second kappa shape index (κ2) is 7.10. The normalized spacial score (nSPS) is 29.3. The molecule has 2 heterocycles. The number of hydrogen-bond acceptors (Lipinski definition) is 6. The van der Waals surface area contributed by atoms with Crippen molar-refractivity contribution in [1.82, 2.24) is 0 Å². The van der Waals surface area contributed by atoms with E-state index in [-0.39, 0.29) is 34.5 Å². The van der Waals surface area contributed by atoms with Gasteiger partial charge in [-0.3, -0.25) is 14.4 Å². The molecule has 150 valence electrons. The minimum atomic E-state index is -1.11. The first-order chi connectivity index (χ1) is 13.8. The third kappa shape index (κ3) is 3.03. The zero-order chi connectivity index (χ0) is 20.9. The van der Waals surface area contributed by atoms with Crippen molar-refractivity contribution in [2.45, 2.75) is 39.7 Å². The smallest absolute Gasteiger partial charge is 0.343 e. The summed E-state index contributed by atoms with van der Waals surface area (Å²) in [7, 11) is 0. The first-order valence-corrected chi connectivity index (χ1v) is 9.87. The molecule has 0 spiro atoms. The molecular weight excluding hydrogens is 372 g/mol. The molecule has 3 unspecified atom stereocenters. The van der Waals surface area contributed by atoms with Gasteiger partial charge in [-0.05, 0) is 42.6 Å². The van der Waals surface area contributed by atoms with Crippen molar-refractivity contribution >= 4 is 23.3 Å². The fourth-order valence-corrected chi connectivity index (χ4v) is 4.14. The summed E-state index contributed by atoms with van der Waals surface area (Å²) in [5.41, 5.74) is 1.23. The molecule has 0 saturated carbocycles. The summed E-state index contributed by atoms with van der Waals surface area (Å²) in [5.74, 6) is -1.80. The Balaban J connectivity index is 1.77. The summed E-state index contributed by atoms with van der Waals surface area (Å²) >= 11 is 0. The van der Waals surface area contributed by atoms with E-state index in [4.69, 9.17) is 9.47 Å². The summed E-state index contributed by atoms with van der Waals surface area (Å²) < 4.78 is 11.0. The van der Waals surface area contributed by atoms with Crippen molar-refractivity contribution in [2.24, 2.45) is 17.8 Å². The number of esters is 1. The molecule has 4 aliphatic rings. The van der Waals surface area contributed by atoms with Crippen molar-refractivity contribution in [3.63, 3.8) is 0 Å². The zero-order valence-corrected chi connectivity index (χ0v) is 16.6. The first kappa shape index (κ1) is 19.3. The highest BCUT2D eigenvalue weighted by Gasteiger charge is 2.47. The minimum Gasteiger partial charge on any atom is -0.468 e. The fourth-order valence-electron chi connectivity index (χ4n) is 4.14. The lowest BCUT2D eigenvalue weighted by molar-refractivity contribution is -0.145. The third-order valence-electron chi connectivity index (χ3n) is 6.01. The van der Waals surface area contributed by atoms with Crippen LogP contribution in [0.2, 0.25) is 0 Å². The van der Waals surface area contributed by atoms with Gasteiger partial charge < -0.3 is 9.47 Å². The number of carbonyl (C=O) groups is 4. The van der Waals surface area contributed by atoms with Gasteiger partial charge >= 0.3 is 5.97 Å². The second-order valence-corrected chi connectivity index (χ2v) is 7.94. The Labute approximate surface area is 168 Å². The van der Waals surface area contributed by atoms with Gasteiger partial charge in [0.05, 0.1) is 12.2 Å². The molecule has 0 fully saturated rings. The zero-order valence-electron chi connectivity index (χ0n) is 16.6. The molecule has 0 aromatic heterocycles. The van der Waals surface area contributed by atoms with Crippen molar-refractivity contribution in [3.8, 4) is 0 Å². The highest BCUT2D eigenvalue weighted by molar-refractivity contribution is 6.23. The van der Waals surface area contributed by atoms with E-state index in [0.717, 1.165) is 6.42 Å². The Morgan fingerprint density at radius 3 is 2.66 bits per heavy atom. The Hall–Kier alpha value is -3.02. The summed E-state index contributed by atoms with van der Waals surface area (Å²) in [6, 6.07) is 0. The summed E-state index contributed by atoms with van der Waals surface area (Å²) in [5, 5.41) is 0. The monoisotopic (exact) mass is 394 g/mol. The van der Waals surface area contributed by atoms with Gasteiger partial charge in [-0.15, -0.1) is 0 Å². The van der Waals surface area contributed by atoms with Crippen LogP contribution in [0.5, 0.6) is 0 Å². The predicted molar refractivity (Wildman–Crippen MR) is 103 cm³/mol. The van der Waals surface area contributed by atoms with Crippen LogP contribution >= 0.6 is 0 Å². The molecule has 4 atom stereocenters. The Bertz CT molecular complexity index is 987. The van der Waals surface area contributed by atoms with E-state index >= 15 is 0 Å². The van der Waals surface area contributed by atoms with Crippen molar-refractivity contribution in [3.05, 3.63) is 58.6 Å². The van der Waals surface area contributed by atoms with E-state index in [0.29, 0.717) is 23.3 Å². The van der Waals surface area contributed by atoms with Gasteiger partial charge in [0.15, 0.2) is 17.7 Å². The van der Waals surface area contributed by atoms with E-state index in [1.165, 1.54) is 12.3 Å². The van der Waals surface area contributed by atoms with E-state index < -0.39 is 23.8 Å². The number of rotatable bonds is 4. The molecule has 6 nitrogen and oxygen atoms in total. The molecule has 2 aliphatic carbocycles. The molecule has 6 heteroatoms. The standard InChI is InChI=1S/C23H22O6/c1-4-11(2)21(26)20-19-14-10-28-17(18-12(3)6-5-7-15(18)24)9-13(14)8-16(25)22(19)29-23(20)27/h5,7-12,18,22H,4,6H2,1-3H3/t11?,12-,18?,22?/m0/s1. The highest BCUT2D eigenvalue weighted by atomic mass is 16.6. The second-order valence-electron chi connectivity index (χ2n) is 7.94. The van der Waals surface area contributed by atoms with Gasteiger partial charge in [0.25, 0.3) is 0 Å². The largest absolute Gasteiger partial charge is 0.468 e. The van der Waals surface area contributed by atoms with Crippen molar-refractivity contribution in [1.29, 1.82) is 0 Å². The number of ketones is 3. The topological polar surface area (TPSA) is 86.7 Å². The first-order valence-electron chi connectivity index (χ1n) is 9.87. The number of ether oxygens (including phenoxy) is 2. The predicted octanol–water partition coefficient (Wildman–Crippen LogP) is 2.91. The van der Waals surface area contributed by atoms with E-state index in [2.05, 4.69) is 0 Å². The summed E-state index contributed by atoms with van der Waals surface area (Å²) in [6.07, 6.45) is 8.11. The number of fused-ring (bicyclic) bond motifs is 3. The highest BCUT2D eigenvalue weighted by Crippen LogP contribution is 2.42. The van der Waals surface area contributed by atoms with Crippen LogP contribution in [0, 0.1) is 17.8 Å². The molecule has 0 N–H and O–H groups in total. The fraction of sp³-hybridized carbons (Fsp3) is 0.391. The Morgan fingerprint density at radius 2 is 1.97 bits per heavy atom. The quantitative estimate of drug-likeness (QED) is 0.538. The molecule has 0 saturated heterocycles. The Kier molecular flexibility index (Phi) is 4.73. The number of carbonyl (C=O) groups excluding carboxylic acids is 4. The molecule has 2 aliphatic heterocycles. The summed E-state index contributed by atoms with van der Waals surface area (Å²) in [4.78, 5) is 50.2. The lowest BCUT2D eigenvalue weighted by atomic mass is 9.78. The van der Waals surface area contributed by atoms with Gasteiger partial charge in [-0.1, -0.05) is 26.8 Å². The van der Waals surface area contributed by atoms with E-state index in [9.17, 15) is 19.2 Å².